The minimum absolute atomic E-state index is 0.107. The van der Waals surface area contributed by atoms with Gasteiger partial charge in [0.15, 0.2) is 0 Å². The van der Waals surface area contributed by atoms with Crippen molar-refractivity contribution in [1.82, 2.24) is 0 Å². The van der Waals surface area contributed by atoms with E-state index in [-0.39, 0.29) is 6.10 Å². The summed E-state index contributed by atoms with van der Waals surface area (Å²) in [4.78, 5) is 10.9. The zero-order valence-electron chi connectivity index (χ0n) is 11.8. The van der Waals surface area contributed by atoms with Crippen LogP contribution in [0.1, 0.15) is 77.6 Å². The molecule has 1 rings (SSSR count). The number of unbranched alkanes of at least 4 members (excludes halogenated alkanes) is 8. The molecule has 3 nitrogen and oxygen atoms in total. The van der Waals surface area contributed by atoms with E-state index in [0.717, 1.165) is 12.8 Å². The summed E-state index contributed by atoms with van der Waals surface area (Å²) < 4.78 is 9.84. The number of ether oxygens (including phenoxy) is 2. The second-order valence-corrected chi connectivity index (χ2v) is 5.24. The highest BCUT2D eigenvalue weighted by Crippen LogP contribution is 2.16. The van der Waals surface area contributed by atoms with Crippen LogP contribution in [0.3, 0.4) is 0 Å². The van der Waals surface area contributed by atoms with Gasteiger partial charge < -0.3 is 9.47 Å². The topological polar surface area (TPSA) is 35.5 Å². The van der Waals surface area contributed by atoms with Crippen molar-refractivity contribution in [2.24, 2.45) is 0 Å². The zero-order valence-corrected chi connectivity index (χ0v) is 11.8. The Balaban J connectivity index is 1.82. The normalized spacial score (nSPS) is 19.4. The lowest BCUT2D eigenvalue weighted by atomic mass is 10.0. The molecule has 1 aliphatic rings. The molecular weight excluding hydrogens is 228 g/mol. The number of hydrogen-bond acceptors (Lipinski definition) is 3. The minimum Gasteiger partial charge on any atom is -0.434 e. The molecule has 0 aromatic rings. The fourth-order valence-corrected chi connectivity index (χ4v) is 2.39. The van der Waals surface area contributed by atoms with E-state index in [1.165, 1.54) is 57.8 Å². The van der Waals surface area contributed by atoms with Crippen LogP contribution in [-0.4, -0.2) is 18.9 Å². The van der Waals surface area contributed by atoms with Crippen LogP contribution in [0.2, 0.25) is 0 Å². The lowest BCUT2D eigenvalue weighted by molar-refractivity contribution is -0.0257. The van der Waals surface area contributed by atoms with E-state index >= 15 is 0 Å². The quantitative estimate of drug-likeness (QED) is 0.414. The van der Waals surface area contributed by atoms with E-state index in [0.29, 0.717) is 6.61 Å². The van der Waals surface area contributed by atoms with Gasteiger partial charge in [-0.2, -0.15) is 0 Å². The SMILES string of the molecule is CCCCCCCCCCC[C@@H]1CCOC(=O)O1. The molecule has 1 aliphatic heterocycles. The highest BCUT2D eigenvalue weighted by Gasteiger charge is 2.20. The Morgan fingerprint density at radius 1 is 1.00 bits per heavy atom. The molecule has 0 saturated carbocycles. The van der Waals surface area contributed by atoms with Crippen molar-refractivity contribution in [3.8, 4) is 0 Å². The van der Waals surface area contributed by atoms with Crippen LogP contribution in [0.15, 0.2) is 0 Å². The first-order valence-corrected chi connectivity index (χ1v) is 7.66. The molecule has 1 atom stereocenters. The summed E-state index contributed by atoms with van der Waals surface area (Å²) in [5.74, 6) is 0. The summed E-state index contributed by atoms with van der Waals surface area (Å²) in [5.41, 5.74) is 0. The monoisotopic (exact) mass is 256 g/mol. The number of cyclic esters (lactones) is 2. The van der Waals surface area contributed by atoms with Gasteiger partial charge in [-0.15, -0.1) is 0 Å². The van der Waals surface area contributed by atoms with Gasteiger partial charge in [0, 0.05) is 6.42 Å². The van der Waals surface area contributed by atoms with Crippen molar-refractivity contribution in [1.29, 1.82) is 0 Å². The van der Waals surface area contributed by atoms with E-state index in [1.807, 2.05) is 0 Å². The van der Waals surface area contributed by atoms with E-state index in [2.05, 4.69) is 6.92 Å². The van der Waals surface area contributed by atoms with Gasteiger partial charge in [-0.05, 0) is 12.8 Å². The number of carbonyl (C=O) groups is 1. The lowest BCUT2D eigenvalue weighted by Gasteiger charge is -2.21. The molecule has 1 fully saturated rings. The number of rotatable bonds is 10. The molecule has 0 aliphatic carbocycles. The van der Waals surface area contributed by atoms with E-state index in [4.69, 9.17) is 9.47 Å². The van der Waals surface area contributed by atoms with Crippen LogP contribution in [-0.2, 0) is 9.47 Å². The molecule has 0 spiro atoms. The van der Waals surface area contributed by atoms with Crippen molar-refractivity contribution in [3.63, 3.8) is 0 Å². The molecule has 0 amide bonds. The van der Waals surface area contributed by atoms with Gasteiger partial charge in [-0.3, -0.25) is 0 Å². The summed E-state index contributed by atoms with van der Waals surface area (Å²) in [5, 5.41) is 0. The highest BCUT2D eigenvalue weighted by atomic mass is 16.7. The van der Waals surface area contributed by atoms with E-state index < -0.39 is 6.16 Å². The molecule has 18 heavy (non-hydrogen) atoms. The number of carbonyl (C=O) groups excluding carboxylic acids is 1. The first kappa shape index (κ1) is 15.3. The molecule has 0 aromatic heterocycles. The van der Waals surface area contributed by atoms with Crippen LogP contribution in [0, 0.1) is 0 Å². The summed E-state index contributed by atoms with van der Waals surface area (Å²) in [6.45, 7) is 2.78. The molecule has 0 unspecified atom stereocenters. The molecule has 0 bridgehead atoms. The third-order valence-corrected chi connectivity index (χ3v) is 3.55. The third-order valence-electron chi connectivity index (χ3n) is 3.55. The van der Waals surface area contributed by atoms with Crippen LogP contribution in [0.4, 0.5) is 4.79 Å². The second-order valence-electron chi connectivity index (χ2n) is 5.24. The van der Waals surface area contributed by atoms with Gasteiger partial charge in [0.1, 0.15) is 6.10 Å². The van der Waals surface area contributed by atoms with Crippen LogP contribution >= 0.6 is 0 Å². The van der Waals surface area contributed by atoms with Crippen molar-refractivity contribution in [2.45, 2.75) is 83.7 Å². The Kier molecular flexibility index (Phi) is 8.70. The maximum Gasteiger partial charge on any atom is 0.508 e. The molecule has 1 saturated heterocycles. The molecule has 106 valence electrons. The van der Waals surface area contributed by atoms with Gasteiger partial charge in [0.05, 0.1) is 6.61 Å². The minimum atomic E-state index is -0.484. The second kappa shape index (κ2) is 10.2. The van der Waals surface area contributed by atoms with E-state index in [9.17, 15) is 4.79 Å². The van der Waals surface area contributed by atoms with Crippen LogP contribution < -0.4 is 0 Å². The summed E-state index contributed by atoms with van der Waals surface area (Å²) in [6, 6.07) is 0. The van der Waals surface area contributed by atoms with Gasteiger partial charge in [-0.25, -0.2) is 4.79 Å². The predicted octanol–water partition coefficient (Wildman–Crippen LogP) is 4.83. The van der Waals surface area contributed by atoms with Crippen molar-refractivity contribution in [2.75, 3.05) is 6.61 Å². The third kappa shape index (κ3) is 7.57. The Morgan fingerprint density at radius 2 is 1.61 bits per heavy atom. The Bertz CT molecular complexity index is 216. The molecule has 0 aromatic carbocycles. The summed E-state index contributed by atoms with van der Waals surface area (Å²) in [7, 11) is 0. The molecule has 0 radical (unpaired) electrons. The maximum absolute atomic E-state index is 10.9. The van der Waals surface area contributed by atoms with Crippen molar-refractivity contribution >= 4 is 6.16 Å². The first-order chi connectivity index (χ1) is 8.83. The molecule has 3 heteroatoms. The van der Waals surface area contributed by atoms with Gasteiger partial charge in [-0.1, -0.05) is 58.3 Å². The average Bonchev–Trinajstić information content (AvgIpc) is 2.37. The first-order valence-electron chi connectivity index (χ1n) is 7.66. The Labute approximate surface area is 111 Å². The van der Waals surface area contributed by atoms with Crippen molar-refractivity contribution < 1.29 is 14.3 Å². The Morgan fingerprint density at radius 3 is 2.22 bits per heavy atom. The Hall–Kier alpha value is -0.730. The zero-order chi connectivity index (χ0) is 13.1. The standard InChI is InChI=1S/C15H28O3/c1-2-3-4-5-6-7-8-9-10-11-14-12-13-17-15(16)18-14/h14H,2-13H2,1H3/t14-/m1/s1. The maximum atomic E-state index is 10.9. The van der Waals surface area contributed by atoms with E-state index in [1.54, 1.807) is 0 Å². The smallest absolute Gasteiger partial charge is 0.434 e. The molecule has 1 heterocycles. The summed E-state index contributed by atoms with van der Waals surface area (Å²) >= 11 is 0. The molecular formula is C15H28O3. The van der Waals surface area contributed by atoms with Crippen molar-refractivity contribution in [3.05, 3.63) is 0 Å². The fourth-order valence-electron chi connectivity index (χ4n) is 2.39. The lowest BCUT2D eigenvalue weighted by Crippen LogP contribution is -2.27. The van der Waals surface area contributed by atoms with Gasteiger partial charge >= 0.3 is 6.16 Å². The van der Waals surface area contributed by atoms with Crippen LogP contribution in [0.25, 0.3) is 0 Å². The average molecular weight is 256 g/mol. The summed E-state index contributed by atoms with van der Waals surface area (Å²) in [6.07, 6.45) is 13.5. The number of hydrogen-bond donors (Lipinski definition) is 0. The van der Waals surface area contributed by atoms with Gasteiger partial charge in [0.2, 0.25) is 0 Å². The fraction of sp³-hybridized carbons (Fsp3) is 0.933. The highest BCUT2D eigenvalue weighted by molar-refractivity contribution is 5.60. The molecule has 0 N–H and O–H groups in total. The largest absolute Gasteiger partial charge is 0.508 e. The predicted molar refractivity (Wildman–Crippen MR) is 72.7 cm³/mol. The van der Waals surface area contributed by atoms with Crippen LogP contribution in [0.5, 0.6) is 0 Å². The van der Waals surface area contributed by atoms with Gasteiger partial charge in [0.25, 0.3) is 0 Å².